The summed E-state index contributed by atoms with van der Waals surface area (Å²) in [6, 6.07) is 31.5. The van der Waals surface area contributed by atoms with Crippen molar-refractivity contribution in [1.29, 1.82) is 0 Å². The average molecular weight is 559 g/mol. The third-order valence-corrected chi connectivity index (χ3v) is 6.66. The van der Waals surface area contributed by atoms with E-state index in [9.17, 15) is 24.0 Å². The Kier molecular flexibility index (Phi) is 8.44. The molecular formula is C34H26N2O6. The van der Waals surface area contributed by atoms with E-state index in [1.165, 1.54) is 6.08 Å². The van der Waals surface area contributed by atoms with Crippen molar-refractivity contribution in [2.24, 2.45) is 0 Å². The number of ether oxygens (including phenoxy) is 1. The zero-order valence-corrected chi connectivity index (χ0v) is 22.5. The summed E-state index contributed by atoms with van der Waals surface area (Å²) in [5, 5.41) is 0. The van der Waals surface area contributed by atoms with E-state index < -0.39 is 24.3 Å². The van der Waals surface area contributed by atoms with Crippen LogP contribution in [0.5, 0.6) is 5.75 Å². The molecule has 0 bridgehead atoms. The second-order valence-electron chi connectivity index (χ2n) is 9.51. The van der Waals surface area contributed by atoms with E-state index in [1.807, 2.05) is 6.07 Å². The molecule has 1 saturated heterocycles. The molecule has 0 atom stereocenters. The highest BCUT2D eigenvalue weighted by Crippen LogP contribution is 2.25. The van der Waals surface area contributed by atoms with Crippen molar-refractivity contribution in [2.45, 2.75) is 0 Å². The van der Waals surface area contributed by atoms with E-state index >= 15 is 0 Å². The maximum Gasteiger partial charge on any atom is 0.332 e. The maximum atomic E-state index is 13.5. The van der Waals surface area contributed by atoms with Gasteiger partial charge in [0.05, 0.1) is 13.1 Å². The van der Waals surface area contributed by atoms with Crippen molar-refractivity contribution in [2.75, 3.05) is 19.7 Å². The minimum atomic E-state index is -0.751. The molecule has 1 fully saturated rings. The highest BCUT2D eigenvalue weighted by Gasteiger charge is 2.42. The van der Waals surface area contributed by atoms with Crippen molar-refractivity contribution in [3.05, 3.63) is 143 Å². The molecule has 208 valence electrons. The highest BCUT2D eigenvalue weighted by molar-refractivity contribution is 6.17. The first-order valence-electron chi connectivity index (χ1n) is 13.2. The van der Waals surface area contributed by atoms with Crippen LogP contribution in [0.25, 0.3) is 6.08 Å². The van der Waals surface area contributed by atoms with Crippen LogP contribution in [0, 0.1) is 0 Å². The third-order valence-electron chi connectivity index (χ3n) is 6.66. The van der Waals surface area contributed by atoms with Gasteiger partial charge < -0.3 is 4.74 Å². The van der Waals surface area contributed by atoms with E-state index in [2.05, 4.69) is 0 Å². The lowest BCUT2D eigenvalue weighted by atomic mass is 10.1. The summed E-state index contributed by atoms with van der Waals surface area (Å²) in [4.78, 5) is 67.0. The summed E-state index contributed by atoms with van der Waals surface area (Å²) in [6.07, 6.45) is 1.49. The number of urea groups is 1. The number of carbonyl (C=O) groups is 5. The van der Waals surface area contributed by atoms with Crippen molar-refractivity contribution in [1.82, 2.24) is 9.80 Å². The summed E-state index contributed by atoms with van der Waals surface area (Å²) in [5.74, 6) is -1.16. The van der Waals surface area contributed by atoms with Gasteiger partial charge in [-0.1, -0.05) is 103 Å². The first-order valence-corrected chi connectivity index (χ1v) is 13.2. The molecule has 0 spiro atoms. The Hall–Kier alpha value is -5.63. The molecule has 0 aromatic heterocycles. The standard InChI is InChI=1S/C34H26N2O6/c37-30(25-10-4-1-5-11-25)21-35-29(33(40)36(34(35)41)22-31(38)26-12-6-2-7-13-26)20-24-16-18-28(19-17-24)42-23-32(39)27-14-8-3-9-15-27/h1-20H,21-23H2/b29-20+. The van der Waals surface area contributed by atoms with E-state index in [-0.39, 0.29) is 30.4 Å². The molecule has 4 aromatic rings. The molecule has 42 heavy (non-hydrogen) atoms. The lowest BCUT2D eigenvalue weighted by Gasteiger charge is -2.16. The van der Waals surface area contributed by atoms with Crippen LogP contribution in [0.1, 0.15) is 36.6 Å². The van der Waals surface area contributed by atoms with Crippen molar-refractivity contribution in [3.63, 3.8) is 0 Å². The molecule has 0 N–H and O–H groups in total. The van der Waals surface area contributed by atoms with E-state index in [0.29, 0.717) is 28.0 Å². The second-order valence-corrected chi connectivity index (χ2v) is 9.51. The number of hydrogen-bond donors (Lipinski definition) is 0. The molecule has 8 heteroatoms. The molecule has 1 heterocycles. The predicted molar refractivity (Wildman–Crippen MR) is 156 cm³/mol. The van der Waals surface area contributed by atoms with Gasteiger partial charge in [-0.05, 0) is 23.8 Å². The number of ketones is 3. The number of rotatable bonds is 11. The Labute approximate surface area is 242 Å². The van der Waals surface area contributed by atoms with Crippen molar-refractivity contribution in [3.8, 4) is 5.75 Å². The third kappa shape index (κ3) is 6.39. The first kappa shape index (κ1) is 27.9. The average Bonchev–Trinajstić information content (AvgIpc) is 3.25. The summed E-state index contributed by atoms with van der Waals surface area (Å²) in [7, 11) is 0. The number of nitrogens with zero attached hydrogens (tertiary/aromatic N) is 2. The number of Topliss-reactive ketones (excluding diaryl/α,β-unsaturated/α-hetero) is 3. The van der Waals surface area contributed by atoms with Gasteiger partial charge in [0.15, 0.2) is 24.0 Å². The fourth-order valence-corrected chi connectivity index (χ4v) is 4.41. The largest absolute Gasteiger partial charge is 0.485 e. The van der Waals surface area contributed by atoms with Gasteiger partial charge in [0.1, 0.15) is 11.4 Å². The van der Waals surface area contributed by atoms with Crippen LogP contribution >= 0.6 is 0 Å². The Bertz CT molecular complexity index is 1650. The highest BCUT2D eigenvalue weighted by atomic mass is 16.5. The van der Waals surface area contributed by atoms with Crippen molar-refractivity contribution >= 4 is 35.4 Å². The fraction of sp³-hybridized carbons (Fsp3) is 0.0882. The Morgan fingerprint density at radius 2 is 1.02 bits per heavy atom. The molecule has 3 amide bonds. The summed E-state index contributed by atoms with van der Waals surface area (Å²) in [6.45, 7) is -0.978. The van der Waals surface area contributed by atoms with Gasteiger partial charge in [0.25, 0.3) is 5.91 Å². The van der Waals surface area contributed by atoms with Gasteiger partial charge in [-0.15, -0.1) is 0 Å². The summed E-state index contributed by atoms with van der Waals surface area (Å²) in [5.41, 5.74) is 1.83. The fourth-order valence-electron chi connectivity index (χ4n) is 4.41. The Morgan fingerprint density at radius 1 is 0.571 bits per heavy atom. The topological polar surface area (TPSA) is 101 Å². The summed E-state index contributed by atoms with van der Waals surface area (Å²) >= 11 is 0. The first-order chi connectivity index (χ1) is 20.4. The Balaban J connectivity index is 1.36. The molecule has 0 saturated carbocycles. The normalized spacial score (nSPS) is 13.9. The van der Waals surface area contributed by atoms with Gasteiger partial charge in [0.2, 0.25) is 0 Å². The van der Waals surface area contributed by atoms with Gasteiger partial charge in [0, 0.05) is 16.7 Å². The lowest BCUT2D eigenvalue weighted by molar-refractivity contribution is -0.122. The van der Waals surface area contributed by atoms with Crippen LogP contribution in [-0.4, -0.2) is 58.8 Å². The molecular weight excluding hydrogens is 532 g/mol. The number of imide groups is 1. The maximum absolute atomic E-state index is 13.5. The molecule has 0 aliphatic carbocycles. The lowest BCUT2D eigenvalue weighted by Crippen LogP contribution is -2.38. The molecule has 1 aliphatic rings. The quantitative estimate of drug-likeness (QED) is 0.140. The smallest absolute Gasteiger partial charge is 0.332 e. The zero-order valence-electron chi connectivity index (χ0n) is 22.5. The van der Waals surface area contributed by atoms with Gasteiger partial charge in [-0.25, -0.2) is 4.79 Å². The molecule has 1 aliphatic heterocycles. The zero-order chi connectivity index (χ0) is 29.5. The van der Waals surface area contributed by atoms with Gasteiger partial charge in [-0.2, -0.15) is 0 Å². The van der Waals surface area contributed by atoms with Crippen molar-refractivity contribution < 1.29 is 28.7 Å². The number of amides is 3. The SMILES string of the molecule is O=C(COc1ccc(/C=C2\C(=O)N(CC(=O)c3ccccc3)C(=O)N2CC(=O)c2ccccc2)cc1)c1ccccc1. The van der Waals surface area contributed by atoms with Gasteiger partial charge in [-0.3, -0.25) is 29.0 Å². The number of hydrogen-bond acceptors (Lipinski definition) is 6. The molecule has 4 aromatic carbocycles. The number of carbonyl (C=O) groups excluding carboxylic acids is 5. The summed E-state index contributed by atoms with van der Waals surface area (Å²) < 4.78 is 5.62. The van der Waals surface area contributed by atoms with E-state index in [4.69, 9.17) is 4.74 Å². The van der Waals surface area contributed by atoms with Crippen LogP contribution in [0.3, 0.4) is 0 Å². The van der Waals surface area contributed by atoms with Crippen LogP contribution in [-0.2, 0) is 4.79 Å². The molecule has 0 radical (unpaired) electrons. The predicted octanol–water partition coefficient (Wildman–Crippen LogP) is 5.32. The van der Waals surface area contributed by atoms with Crippen LogP contribution < -0.4 is 4.74 Å². The van der Waals surface area contributed by atoms with E-state index in [1.54, 1.807) is 109 Å². The van der Waals surface area contributed by atoms with Gasteiger partial charge >= 0.3 is 6.03 Å². The monoisotopic (exact) mass is 558 g/mol. The Morgan fingerprint density at radius 3 is 1.52 bits per heavy atom. The molecule has 0 unspecified atom stereocenters. The van der Waals surface area contributed by atoms with Crippen LogP contribution in [0.2, 0.25) is 0 Å². The van der Waals surface area contributed by atoms with E-state index in [0.717, 1.165) is 9.80 Å². The number of benzene rings is 4. The molecule has 8 nitrogen and oxygen atoms in total. The minimum absolute atomic E-state index is 0.0296. The minimum Gasteiger partial charge on any atom is -0.485 e. The van der Waals surface area contributed by atoms with Crippen LogP contribution in [0.15, 0.2) is 121 Å². The molecule has 5 rings (SSSR count). The second kappa shape index (κ2) is 12.7. The van der Waals surface area contributed by atoms with Crippen LogP contribution in [0.4, 0.5) is 4.79 Å².